The summed E-state index contributed by atoms with van der Waals surface area (Å²) in [6.45, 7) is 1.69. The molecule has 2 aromatic carbocycles. The quantitative estimate of drug-likeness (QED) is 0.420. The number of rotatable bonds is 3. The van der Waals surface area contributed by atoms with E-state index in [1.807, 2.05) is 0 Å². The topological polar surface area (TPSA) is 30.2 Å². The minimum absolute atomic E-state index is 0.143. The average molecular weight is 382 g/mol. The van der Waals surface area contributed by atoms with Gasteiger partial charge in [-0.15, -0.1) is 0 Å². The Balaban J connectivity index is 1.94. The first kappa shape index (κ1) is 18.1. The number of aliphatic imine (C=N–C) groups is 1. The predicted molar refractivity (Wildman–Crippen MR) is 92.0 cm³/mol. The van der Waals surface area contributed by atoms with Gasteiger partial charge in [-0.05, 0) is 49.4 Å². The summed E-state index contributed by atoms with van der Waals surface area (Å²) < 4.78 is 52.8. The van der Waals surface area contributed by atoms with Crippen molar-refractivity contribution in [2.24, 2.45) is 4.99 Å². The fraction of sp³-hybridized carbons (Fsp3) is 0.111. The second-order valence-electron chi connectivity index (χ2n) is 5.48. The summed E-state index contributed by atoms with van der Waals surface area (Å²) >= 11 is 6.31. The van der Waals surface area contributed by atoms with Crippen molar-refractivity contribution in [2.75, 3.05) is 0 Å². The predicted octanol–water partition coefficient (Wildman–Crippen LogP) is 5.74. The Bertz CT molecular complexity index is 960. The maximum absolute atomic E-state index is 13.0. The molecule has 0 spiro atoms. The molecule has 3 aromatic rings. The molecule has 134 valence electrons. The molecule has 0 aliphatic carbocycles. The monoisotopic (exact) mass is 381 g/mol. The zero-order chi connectivity index (χ0) is 18.9. The molecule has 1 heterocycles. The SMILES string of the molecule is Cc1nn(-c2ccc(F)cc2)c(Cl)c1C=Nc1cccc(C(F)(F)F)c1. The van der Waals surface area contributed by atoms with Crippen molar-refractivity contribution in [3.63, 3.8) is 0 Å². The number of hydrogen-bond donors (Lipinski definition) is 0. The van der Waals surface area contributed by atoms with Gasteiger partial charge in [0.2, 0.25) is 0 Å². The van der Waals surface area contributed by atoms with E-state index >= 15 is 0 Å². The van der Waals surface area contributed by atoms with Crippen LogP contribution in [0.2, 0.25) is 5.15 Å². The van der Waals surface area contributed by atoms with E-state index < -0.39 is 11.7 Å². The normalized spacial score (nSPS) is 12.1. The van der Waals surface area contributed by atoms with E-state index in [1.165, 1.54) is 47.3 Å². The van der Waals surface area contributed by atoms with E-state index in [0.29, 0.717) is 16.9 Å². The maximum Gasteiger partial charge on any atom is 0.416 e. The second kappa shape index (κ2) is 6.92. The van der Waals surface area contributed by atoms with Crippen LogP contribution in [0.5, 0.6) is 0 Å². The highest BCUT2D eigenvalue weighted by molar-refractivity contribution is 6.32. The highest BCUT2D eigenvalue weighted by Gasteiger charge is 2.30. The van der Waals surface area contributed by atoms with Crippen molar-refractivity contribution in [2.45, 2.75) is 13.1 Å². The summed E-state index contributed by atoms with van der Waals surface area (Å²) in [4.78, 5) is 4.07. The van der Waals surface area contributed by atoms with E-state index in [-0.39, 0.29) is 16.7 Å². The van der Waals surface area contributed by atoms with E-state index in [4.69, 9.17) is 11.6 Å². The van der Waals surface area contributed by atoms with E-state index in [1.54, 1.807) is 6.92 Å². The molecule has 0 unspecified atom stereocenters. The van der Waals surface area contributed by atoms with E-state index in [0.717, 1.165) is 12.1 Å². The molecule has 3 rings (SSSR count). The third-order valence-corrected chi connectivity index (χ3v) is 4.00. The molecule has 3 nitrogen and oxygen atoms in total. The largest absolute Gasteiger partial charge is 0.416 e. The Hall–Kier alpha value is -2.67. The summed E-state index contributed by atoms with van der Waals surface area (Å²) in [5, 5.41) is 4.50. The molecule has 0 bridgehead atoms. The number of halogens is 5. The Morgan fingerprint density at radius 1 is 1.12 bits per heavy atom. The number of benzene rings is 2. The Morgan fingerprint density at radius 2 is 1.81 bits per heavy atom. The first-order valence-corrected chi connectivity index (χ1v) is 7.86. The molecule has 0 N–H and O–H groups in total. The molecule has 26 heavy (non-hydrogen) atoms. The summed E-state index contributed by atoms with van der Waals surface area (Å²) in [5.74, 6) is -0.389. The molecule has 0 saturated carbocycles. The molecule has 0 aliphatic rings. The summed E-state index contributed by atoms with van der Waals surface area (Å²) in [7, 11) is 0. The number of alkyl halides is 3. The fourth-order valence-electron chi connectivity index (χ4n) is 2.31. The van der Waals surface area contributed by atoms with Gasteiger partial charge in [0.25, 0.3) is 0 Å². The Kier molecular flexibility index (Phi) is 4.82. The molecular weight excluding hydrogens is 370 g/mol. The minimum atomic E-state index is -4.44. The summed E-state index contributed by atoms with van der Waals surface area (Å²) in [6, 6.07) is 10.3. The van der Waals surface area contributed by atoms with Gasteiger partial charge in [-0.25, -0.2) is 9.07 Å². The van der Waals surface area contributed by atoms with Gasteiger partial charge < -0.3 is 0 Å². The third kappa shape index (κ3) is 3.77. The average Bonchev–Trinajstić information content (AvgIpc) is 2.87. The van der Waals surface area contributed by atoms with Gasteiger partial charge in [-0.2, -0.15) is 18.3 Å². The standard InChI is InChI=1S/C18H12ClF4N3/c1-11-16(10-24-14-4-2-3-12(9-14)18(21,22)23)17(19)26(25-11)15-7-5-13(20)6-8-15/h2-10H,1H3. The van der Waals surface area contributed by atoms with Crippen molar-refractivity contribution >= 4 is 23.5 Å². The van der Waals surface area contributed by atoms with Gasteiger partial charge in [0.15, 0.2) is 0 Å². The van der Waals surface area contributed by atoms with Crippen LogP contribution in [0.3, 0.4) is 0 Å². The highest BCUT2D eigenvalue weighted by atomic mass is 35.5. The lowest BCUT2D eigenvalue weighted by atomic mass is 10.2. The van der Waals surface area contributed by atoms with Crippen molar-refractivity contribution in [3.05, 3.63) is 76.3 Å². The van der Waals surface area contributed by atoms with Crippen molar-refractivity contribution in [1.82, 2.24) is 9.78 Å². The zero-order valence-corrected chi connectivity index (χ0v) is 14.2. The maximum atomic E-state index is 13.0. The first-order chi connectivity index (χ1) is 12.3. The number of aromatic nitrogens is 2. The lowest BCUT2D eigenvalue weighted by molar-refractivity contribution is -0.137. The lowest BCUT2D eigenvalue weighted by Crippen LogP contribution is -2.03. The smallest absolute Gasteiger partial charge is 0.256 e. The molecule has 0 radical (unpaired) electrons. The molecule has 1 aromatic heterocycles. The molecular formula is C18H12ClF4N3. The third-order valence-electron chi connectivity index (χ3n) is 3.64. The lowest BCUT2D eigenvalue weighted by Gasteiger charge is -2.06. The van der Waals surface area contributed by atoms with Crippen LogP contribution >= 0.6 is 11.6 Å². The molecule has 0 atom stereocenters. The van der Waals surface area contributed by atoms with Crippen LogP contribution in [-0.4, -0.2) is 16.0 Å². The van der Waals surface area contributed by atoms with Crippen LogP contribution in [0.1, 0.15) is 16.8 Å². The second-order valence-corrected chi connectivity index (χ2v) is 5.84. The molecule has 0 amide bonds. The van der Waals surface area contributed by atoms with Crippen molar-refractivity contribution in [1.29, 1.82) is 0 Å². The molecule has 8 heteroatoms. The van der Waals surface area contributed by atoms with Crippen LogP contribution in [0.4, 0.5) is 23.2 Å². The zero-order valence-electron chi connectivity index (χ0n) is 13.4. The van der Waals surface area contributed by atoms with Crippen LogP contribution in [0.25, 0.3) is 5.69 Å². The van der Waals surface area contributed by atoms with Crippen molar-refractivity contribution in [3.8, 4) is 5.69 Å². The van der Waals surface area contributed by atoms with Crippen LogP contribution in [-0.2, 0) is 6.18 Å². The van der Waals surface area contributed by atoms with Crippen LogP contribution < -0.4 is 0 Å². The number of nitrogens with zero attached hydrogens (tertiary/aromatic N) is 3. The highest BCUT2D eigenvalue weighted by Crippen LogP contribution is 2.31. The molecule has 0 saturated heterocycles. The molecule has 0 fully saturated rings. The minimum Gasteiger partial charge on any atom is -0.256 e. The Labute approximate surface area is 151 Å². The molecule has 0 aliphatic heterocycles. The summed E-state index contributed by atoms with van der Waals surface area (Å²) in [6.07, 6.45) is -3.08. The van der Waals surface area contributed by atoms with Crippen molar-refractivity contribution < 1.29 is 17.6 Å². The van der Waals surface area contributed by atoms with Gasteiger partial charge in [-0.3, -0.25) is 4.99 Å². The number of hydrogen-bond acceptors (Lipinski definition) is 2. The van der Waals surface area contributed by atoms with Gasteiger partial charge >= 0.3 is 6.18 Å². The Morgan fingerprint density at radius 3 is 2.46 bits per heavy atom. The van der Waals surface area contributed by atoms with Gasteiger partial charge in [-0.1, -0.05) is 17.7 Å². The van der Waals surface area contributed by atoms with Gasteiger partial charge in [0.05, 0.1) is 28.2 Å². The van der Waals surface area contributed by atoms with Crippen LogP contribution in [0.15, 0.2) is 53.5 Å². The van der Waals surface area contributed by atoms with Crippen LogP contribution in [0, 0.1) is 12.7 Å². The van der Waals surface area contributed by atoms with E-state index in [2.05, 4.69) is 10.1 Å². The van der Waals surface area contributed by atoms with Gasteiger partial charge in [0.1, 0.15) is 11.0 Å². The fourth-order valence-corrected chi connectivity index (χ4v) is 2.63. The number of aryl methyl sites for hydroxylation is 1. The van der Waals surface area contributed by atoms with E-state index in [9.17, 15) is 17.6 Å². The van der Waals surface area contributed by atoms with Gasteiger partial charge in [0, 0.05) is 6.21 Å². The summed E-state index contributed by atoms with van der Waals surface area (Å²) in [5.41, 5.74) is 0.920. The first-order valence-electron chi connectivity index (χ1n) is 7.48.